The zero-order valence-corrected chi connectivity index (χ0v) is 9.38. The summed E-state index contributed by atoms with van der Waals surface area (Å²) in [5, 5.41) is 0.447. The number of ether oxygens (including phenoxy) is 1. The third-order valence-corrected chi connectivity index (χ3v) is 2.14. The summed E-state index contributed by atoms with van der Waals surface area (Å²) in [6.07, 6.45) is 0.708. The number of carbonyl (C=O) groups is 2. The Kier molecular flexibility index (Phi) is 4.56. The second-order valence-electron chi connectivity index (χ2n) is 2.91. The van der Waals surface area contributed by atoms with Crippen LogP contribution in [0, 0.1) is 11.8 Å². The van der Waals surface area contributed by atoms with Gasteiger partial charge in [-0.1, -0.05) is 29.5 Å². The predicted octanol–water partition coefficient (Wildman–Crippen LogP) is 2.07. The van der Waals surface area contributed by atoms with E-state index < -0.39 is 5.97 Å². The lowest BCUT2D eigenvalue weighted by atomic mass is 10.1. The van der Waals surface area contributed by atoms with Crippen LogP contribution in [0.3, 0.4) is 0 Å². The fourth-order valence-corrected chi connectivity index (χ4v) is 1.16. The molecule has 0 unspecified atom stereocenters. The molecule has 3 nitrogen and oxygen atoms in total. The van der Waals surface area contributed by atoms with Gasteiger partial charge in [0.25, 0.3) is 0 Å². The van der Waals surface area contributed by atoms with E-state index in [0.29, 0.717) is 22.4 Å². The fourth-order valence-electron chi connectivity index (χ4n) is 0.996. The molecule has 0 aliphatic heterocycles. The van der Waals surface area contributed by atoms with Crippen molar-refractivity contribution in [3.63, 3.8) is 0 Å². The number of halogens is 1. The van der Waals surface area contributed by atoms with Gasteiger partial charge in [0, 0.05) is 11.1 Å². The summed E-state index contributed by atoms with van der Waals surface area (Å²) in [7, 11) is 1.30. The molecule has 0 fully saturated rings. The summed E-state index contributed by atoms with van der Waals surface area (Å²) >= 11 is 5.87. The molecular weight excluding hydrogens is 228 g/mol. The van der Waals surface area contributed by atoms with Crippen LogP contribution >= 0.6 is 11.6 Å². The molecule has 0 bridgehead atoms. The van der Waals surface area contributed by atoms with Crippen molar-refractivity contribution in [2.45, 2.75) is 6.42 Å². The van der Waals surface area contributed by atoms with E-state index in [9.17, 15) is 9.59 Å². The molecule has 16 heavy (non-hydrogen) atoms. The van der Waals surface area contributed by atoms with Crippen molar-refractivity contribution < 1.29 is 14.3 Å². The van der Waals surface area contributed by atoms with Gasteiger partial charge in [-0.2, -0.15) is 0 Å². The Labute approximate surface area is 98.4 Å². The summed E-state index contributed by atoms with van der Waals surface area (Å²) in [6, 6.07) is 4.76. The van der Waals surface area contributed by atoms with E-state index in [-0.39, 0.29) is 6.42 Å². The van der Waals surface area contributed by atoms with Crippen LogP contribution in [0.2, 0.25) is 5.02 Å². The number of rotatable bonds is 2. The smallest absolute Gasteiger partial charge is 0.317 e. The van der Waals surface area contributed by atoms with Crippen LogP contribution in [0.15, 0.2) is 18.2 Å². The standard InChI is InChI=1S/C12H9ClO3/c1-16-12(15)4-2-3-10-7-9(8-14)5-6-11(10)13/h5-8H,4H2,1H3. The van der Waals surface area contributed by atoms with Crippen LogP contribution in [0.1, 0.15) is 22.3 Å². The summed E-state index contributed by atoms with van der Waals surface area (Å²) in [5.74, 6) is 4.92. The minimum absolute atomic E-state index is 0.00184. The Balaban J connectivity index is 2.87. The Morgan fingerprint density at radius 3 is 2.94 bits per heavy atom. The molecule has 0 atom stereocenters. The van der Waals surface area contributed by atoms with E-state index in [0.717, 1.165) is 0 Å². The van der Waals surface area contributed by atoms with Gasteiger partial charge < -0.3 is 4.74 Å². The number of methoxy groups -OCH3 is 1. The highest BCUT2D eigenvalue weighted by Gasteiger charge is 1.99. The summed E-state index contributed by atoms with van der Waals surface area (Å²) in [4.78, 5) is 21.3. The molecule has 0 saturated heterocycles. The minimum Gasteiger partial charge on any atom is -0.468 e. The average molecular weight is 237 g/mol. The zero-order valence-electron chi connectivity index (χ0n) is 8.62. The van der Waals surface area contributed by atoms with Gasteiger partial charge in [0.1, 0.15) is 12.7 Å². The topological polar surface area (TPSA) is 43.4 Å². The first-order valence-electron chi connectivity index (χ1n) is 4.47. The van der Waals surface area contributed by atoms with Crippen molar-refractivity contribution in [1.29, 1.82) is 0 Å². The molecular formula is C12H9ClO3. The second-order valence-corrected chi connectivity index (χ2v) is 3.32. The third kappa shape index (κ3) is 3.41. The zero-order chi connectivity index (χ0) is 12.0. The van der Waals surface area contributed by atoms with Crippen LogP contribution in [0.5, 0.6) is 0 Å². The van der Waals surface area contributed by atoms with Crippen LogP contribution in [0.25, 0.3) is 0 Å². The first-order chi connectivity index (χ1) is 7.67. The second kappa shape index (κ2) is 5.94. The van der Waals surface area contributed by atoms with Gasteiger partial charge in [0.2, 0.25) is 0 Å². The van der Waals surface area contributed by atoms with E-state index in [1.54, 1.807) is 18.2 Å². The molecule has 0 amide bonds. The highest BCUT2D eigenvalue weighted by atomic mass is 35.5. The first kappa shape index (κ1) is 12.3. The maximum Gasteiger partial charge on any atom is 0.317 e. The molecule has 1 aromatic carbocycles. The van der Waals surface area contributed by atoms with Gasteiger partial charge in [-0.15, -0.1) is 0 Å². The molecule has 82 valence electrons. The van der Waals surface area contributed by atoms with Crippen LogP contribution < -0.4 is 0 Å². The van der Waals surface area contributed by atoms with E-state index in [1.807, 2.05) is 0 Å². The largest absolute Gasteiger partial charge is 0.468 e. The third-order valence-electron chi connectivity index (χ3n) is 1.81. The molecule has 0 aromatic heterocycles. The lowest BCUT2D eigenvalue weighted by molar-refractivity contribution is -0.139. The van der Waals surface area contributed by atoms with Gasteiger partial charge in [0.15, 0.2) is 0 Å². The molecule has 1 aromatic rings. The SMILES string of the molecule is COC(=O)CC#Cc1cc(C=O)ccc1Cl. The molecule has 0 saturated carbocycles. The lowest BCUT2D eigenvalue weighted by Gasteiger charge is -1.96. The number of hydrogen-bond acceptors (Lipinski definition) is 3. The summed E-state index contributed by atoms with van der Waals surface area (Å²) < 4.78 is 4.43. The Morgan fingerprint density at radius 2 is 2.31 bits per heavy atom. The Hall–Kier alpha value is -1.79. The molecule has 0 N–H and O–H groups in total. The molecule has 1 rings (SSSR count). The molecule has 0 aliphatic carbocycles. The van der Waals surface area contributed by atoms with E-state index in [4.69, 9.17) is 11.6 Å². The highest BCUT2D eigenvalue weighted by Crippen LogP contribution is 2.15. The first-order valence-corrected chi connectivity index (χ1v) is 4.85. The summed E-state index contributed by atoms with van der Waals surface area (Å²) in [5.41, 5.74) is 1.02. The van der Waals surface area contributed by atoms with Crippen molar-refractivity contribution in [1.82, 2.24) is 0 Å². The molecule has 4 heteroatoms. The van der Waals surface area contributed by atoms with Crippen LogP contribution in [-0.4, -0.2) is 19.4 Å². The molecule has 0 spiro atoms. The number of aldehydes is 1. The van der Waals surface area contributed by atoms with Crippen molar-refractivity contribution in [3.05, 3.63) is 34.3 Å². The number of benzene rings is 1. The van der Waals surface area contributed by atoms with Gasteiger partial charge in [0.05, 0.1) is 12.1 Å². The van der Waals surface area contributed by atoms with Crippen molar-refractivity contribution in [2.24, 2.45) is 0 Å². The highest BCUT2D eigenvalue weighted by molar-refractivity contribution is 6.31. The monoisotopic (exact) mass is 236 g/mol. The number of esters is 1. The maximum atomic E-state index is 10.8. The Bertz CT molecular complexity index is 469. The Morgan fingerprint density at radius 1 is 1.56 bits per heavy atom. The van der Waals surface area contributed by atoms with Gasteiger partial charge in [-0.3, -0.25) is 9.59 Å². The normalized spacial score (nSPS) is 8.88. The lowest BCUT2D eigenvalue weighted by Crippen LogP contribution is -1.97. The maximum absolute atomic E-state index is 10.8. The van der Waals surface area contributed by atoms with E-state index in [1.165, 1.54) is 7.11 Å². The average Bonchev–Trinajstić information content (AvgIpc) is 2.31. The van der Waals surface area contributed by atoms with Gasteiger partial charge in [-0.25, -0.2) is 0 Å². The molecule has 0 heterocycles. The minimum atomic E-state index is -0.407. The van der Waals surface area contributed by atoms with E-state index >= 15 is 0 Å². The quantitative estimate of drug-likeness (QED) is 0.449. The van der Waals surface area contributed by atoms with Crippen LogP contribution in [-0.2, 0) is 9.53 Å². The predicted molar refractivity (Wildman–Crippen MR) is 60.4 cm³/mol. The summed E-state index contributed by atoms with van der Waals surface area (Å²) in [6.45, 7) is 0. The van der Waals surface area contributed by atoms with E-state index in [2.05, 4.69) is 16.6 Å². The number of carbonyl (C=O) groups excluding carboxylic acids is 2. The van der Waals surface area contributed by atoms with Gasteiger partial charge in [-0.05, 0) is 12.1 Å². The van der Waals surface area contributed by atoms with Crippen LogP contribution in [0.4, 0.5) is 0 Å². The van der Waals surface area contributed by atoms with Crippen molar-refractivity contribution in [2.75, 3.05) is 7.11 Å². The van der Waals surface area contributed by atoms with Crippen molar-refractivity contribution in [3.8, 4) is 11.8 Å². The number of hydrogen-bond donors (Lipinski definition) is 0. The van der Waals surface area contributed by atoms with Crippen molar-refractivity contribution >= 4 is 23.9 Å². The molecule has 0 aliphatic rings. The molecule has 0 radical (unpaired) electrons. The fraction of sp³-hybridized carbons (Fsp3) is 0.167. The van der Waals surface area contributed by atoms with Gasteiger partial charge >= 0.3 is 5.97 Å².